The van der Waals surface area contributed by atoms with Gasteiger partial charge < -0.3 is 14.9 Å². The fourth-order valence-corrected chi connectivity index (χ4v) is 4.79. The molecule has 0 aliphatic carbocycles. The highest BCUT2D eigenvalue weighted by Crippen LogP contribution is 2.29. The summed E-state index contributed by atoms with van der Waals surface area (Å²) in [6.07, 6.45) is 2.36. The summed E-state index contributed by atoms with van der Waals surface area (Å²) in [5, 5.41) is 29.0. The summed E-state index contributed by atoms with van der Waals surface area (Å²) in [5.41, 5.74) is 3.51. The first kappa shape index (κ1) is 23.4. The number of aromatic hydroxyl groups is 2. The molecular formula is C29H25N3O3S. The molecule has 0 aliphatic heterocycles. The first-order valence-electron chi connectivity index (χ1n) is 11.5. The van der Waals surface area contributed by atoms with Crippen LogP contribution in [0.15, 0.2) is 100 Å². The Bertz CT molecular complexity index is 1600. The molecule has 0 fully saturated rings. The highest BCUT2D eigenvalue weighted by Gasteiger charge is 2.10. The third kappa shape index (κ3) is 5.01. The Morgan fingerprint density at radius 3 is 2.56 bits per heavy atom. The summed E-state index contributed by atoms with van der Waals surface area (Å²) >= 11 is 1.51. The number of para-hydroxylation sites is 1. The van der Waals surface area contributed by atoms with E-state index in [4.69, 9.17) is 9.73 Å². The van der Waals surface area contributed by atoms with Gasteiger partial charge in [-0.25, -0.2) is 4.68 Å². The van der Waals surface area contributed by atoms with Gasteiger partial charge in [0.15, 0.2) is 11.5 Å². The normalized spacial score (nSPS) is 12.0. The molecule has 0 aliphatic rings. The molecule has 0 spiro atoms. The van der Waals surface area contributed by atoms with E-state index in [0.29, 0.717) is 12.1 Å². The molecular weight excluding hydrogens is 470 g/mol. The third-order valence-corrected chi connectivity index (χ3v) is 6.73. The highest BCUT2D eigenvalue weighted by molar-refractivity contribution is 7.07. The van der Waals surface area contributed by atoms with Crippen LogP contribution in [0.4, 0.5) is 0 Å². The van der Waals surface area contributed by atoms with E-state index in [1.54, 1.807) is 23.9 Å². The van der Waals surface area contributed by atoms with Gasteiger partial charge >= 0.3 is 0 Å². The number of nitrogens with zero attached hydrogens (tertiary/aromatic N) is 3. The molecule has 1 aromatic heterocycles. The monoisotopic (exact) mass is 495 g/mol. The third-order valence-electron chi connectivity index (χ3n) is 5.88. The lowest BCUT2D eigenvalue weighted by Gasteiger charge is -2.07. The number of thiazole rings is 1. The van der Waals surface area contributed by atoms with Crippen LogP contribution < -0.4 is 9.54 Å². The van der Waals surface area contributed by atoms with Crippen LogP contribution in [-0.2, 0) is 6.42 Å². The van der Waals surface area contributed by atoms with Crippen LogP contribution >= 0.6 is 11.3 Å². The minimum Gasteiger partial charge on any atom is -0.504 e. The fraction of sp³-hybridized carbons (Fsp3) is 0.103. The standard InChI is InChI=1S/C29H25N3O3S/c1-35-25-13-12-21-16-23(11-10-22(21)17-25)26-19-36-29(30-15-14-20-6-3-2-4-7-20)32(26)31-18-24-8-5-9-27(33)28(24)34/h2-13,16-19,33-34H,14-15H2,1H3. The summed E-state index contributed by atoms with van der Waals surface area (Å²) in [5.74, 6) is 0.420. The number of hydrogen-bond acceptors (Lipinski definition) is 6. The number of phenols is 2. The maximum atomic E-state index is 10.2. The van der Waals surface area contributed by atoms with Crippen molar-refractivity contribution in [2.75, 3.05) is 13.7 Å². The Labute approximate surface area is 212 Å². The number of ether oxygens (including phenoxy) is 1. The van der Waals surface area contributed by atoms with E-state index in [-0.39, 0.29) is 11.5 Å². The second kappa shape index (κ2) is 10.5. The molecule has 7 heteroatoms. The number of hydrogen-bond donors (Lipinski definition) is 2. The topological polar surface area (TPSA) is 79.3 Å². The SMILES string of the molecule is COc1ccc2cc(-c3csc(=NCCc4ccccc4)n3N=Cc3cccc(O)c3O)ccc2c1. The van der Waals surface area contributed by atoms with Gasteiger partial charge in [0.2, 0.25) is 4.80 Å². The van der Waals surface area contributed by atoms with Crippen molar-refractivity contribution < 1.29 is 14.9 Å². The van der Waals surface area contributed by atoms with E-state index < -0.39 is 0 Å². The van der Waals surface area contributed by atoms with Crippen molar-refractivity contribution in [1.29, 1.82) is 0 Å². The quantitative estimate of drug-likeness (QED) is 0.221. The van der Waals surface area contributed by atoms with E-state index in [2.05, 4.69) is 35.4 Å². The van der Waals surface area contributed by atoms with Crippen LogP contribution in [0.25, 0.3) is 22.0 Å². The zero-order valence-corrected chi connectivity index (χ0v) is 20.5. The van der Waals surface area contributed by atoms with Gasteiger partial charge in [0.1, 0.15) is 5.75 Å². The van der Waals surface area contributed by atoms with Crippen molar-refractivity contribution in [3.63, 3.8) is 0 Å². The molecule has 0 unspecified atom stereocenters. The van der Waals surface area contributed by atoms with E-state index in [1.807, 2.05) is 41.8 Å². The van der Waals surface area contributed by atoms with Crippen molar-refractivity contribution in [2.24, 2.45) is 10.1 Å². The van der Waals surface area contributed by atoms with E-state index >= 15 is 0 Å². The minimum atomic E-state index is -0.208. The smallest absolute Gasteiger partial charge is 0.206 e. The van der Waals surface area contributed by atoms with Gasteiger partial charge in [0.05, 0.1) is 19.0 Å². The molecule has 1 heterocycles. The summed E-state index contributed by atoms with van der Waals surface area (Å²) in [4.78, 5) is 5.57. The van der Waals surface area contributed by atoms with Gasteiger partial charge in [-0.2, -0.15) is 5.10 Å². The average molecular weight is 496 g/mol. The van der Waals surface area contributed by atoms with Gasteiger partial charge in [-0.1, -0.05) is 54.6 Å². The number of methoxy groups -OCH3 is 1. The van der Waals surface area contributed by atoms with E-state index in [9.17, 15) is 10.2 Å². The maximum absolute atomic E-state index is 10.2. The fourth-order valence-electron chi connectivity index (χ4n) is 3.93. The van der Waals surface area contributed by atoms with E-state index in [1.165, 1.54) is 29.2 Å². The van der Waals surface area contributed by atoms with Crippen LogP contribution in [-0.4, -0.2) is 34.8 Å². The van der Waals surface area contributed by atoms with Crippen molar-refractivity contribution in [3.8, 4) is 28.5 Å². The summed E-state index contributed by atoms with van der Waals surface area (Å²) in [6.45, 7) is 0.619. The predicted molar refractivity (Wildman–Crippen MR) is 145 cm³/mol. The Morgan fingerprint density at radius 1 is 0.917 bits per heavy atom. The maximum Gasteiger partial charge on any atom is 0.206 e. The second-order valence-electron chi connectivity index (χ2n) is 8.22. The predicted octanol–water partition coefficient (Wildman–Crippen LogP) is 5.82. The first-order chi connectivity index (χ1) is 17.6. The van der Waals surface area contributed by atoms with Crippen molar-refractivity contribution in [1.82, 2.24) is 4.68 Å². The van der Waals surface area contributed by atoms with Gasteiger partial charge in [0, 0.05) is 23.1 Å². The molecule has 2 N–H and O–H groups in total. The molecule has 0 amide bonds. The summed E-state index contributed by atoms with van der Waals surface area (Å²) in [7, 11) is 1.66. The highest BCUT2D eigenvalue weighted by atomic mass is 32.1. The molecule has 36 heavy (non-hydrogen) atoms. The van der Waals surface area contributed by atoms with Gasteiger partial charge in [-0.3, -0.25) is 4.99 Å². The molecule has 0 saturated heterocycles. The van der Waals surface area contributed by atoms with Crippen LogP contribution in [0.1, 0.15) is 11.1 Å². The number of benzene rings is 4. The molecule has 180 valence electrons. The van der Waals surface area contributed by atoms with Crippen LogP contribution in [0, 0.1) is 0 Å². The van der Waals surface area contributed by atoms with Crippen LogP contribution in [0.3, 0.4) is 0 Å². The van der Waals surface area contributed by atoms with Crippen molar-refractivity contribution in [2.45, 2.75) is 6.42 Å². The van der Waals surface area contributed by atoms with Crippen LogP contribution in [0.5, 0.6) is 17.2 Å². The molecule has 4 aromatic carbocycles. The Kier molecular flexibility index (Phi) is 6.82. The zero-order chi connectivity index (χ0) is 24.9. The molecule has 0 saturated carbocycles. The summed E-state index contributed by atoms with van der Waals surface area (Å²) in [6, 6.07) is 27.3. The number of phenolic OH excluding ortho intramolecular Hbond substituents is 2. The number of fused-ring (bicyclic) bond motifs is 1. The molecule has 5 aromatic rings. The molecule has 0 radical (unpaired) electrons. The lowest BCUT2D eigenvalue weighted by Crippen LogP contribution is -2.13. The van der Waals surface area contributed by atoms with Gasteiger partial charge in [-0.05, 0) is 53.1 Å². The molecule has 5 rings (SSSR count). The largest absolute Gasteiger partial charge is 0.504 e. The molecule has 0 bridgehead atoms. The number of rotatable bonds is 7. The Morgan fingerprint density at radius 2 is 1.72 bits per heavy atom. The molecule has 6 nitrogen and oxygen atoms in total. The molecule has 0 atom stereocenters. The van der Waals surface area contributed by atoms with E-state index in [0.717, 1.165) is 39.0 Å². The van der Waals surface area contributed by atoms with Gasteiger partial charge in [-0.15, -0.1) is 11.3 Å². The van der Waals surface area contributed by atoms with Crippen molar-refractivity contribution in [3.05, 3.63) is 106 Å². The average Bonchev–Trinajstić information content (AvgIpc) is 3.32. The lowest BCUT2D eigenvalue weighted by atomic mass is 10.1. The zero-order valence-electron chi connectivity index (χ0n) is 19.7. The number of aromatic nitrogens is 1. The Hall–Kier alpha value is -4.36. The van der Waals surface area contributed by atoms with Gasteiger partial charge in [0.25, 0.3) is 0 Å². The first-order valence-corrected chi connectivity index (χ1v) is 12.4. The Balaban J connectivity index is 1.55. The minimum absolute atomic E-state index is 0.188. The second-order valence-corrected chi connectivity index (χ2v) is 9.06. The lowest BCUT2D eigenvalue weighted by molar-refractivity contribution is 0.403. The summed E-state index contributed by atoms with van der Waals surface area (Å²) < 4.78 is 7.13. The van der Waals surface area contributed by atoms with Crippen molar-refractivity contribution >= 4 is 28.3 Å². The van der Waals surface area contributed by atoms with Crippen LogP contribution in [0.2, 0.25) is 0 Å².